The van der Waals surface area contributed by atoms with Crippen LogP contribution >= 0.6 is 11.8 Å². The van der Waals surface area contributed by atoms with Gasteiger partial charge in [0.05, 0.1) is 28.5 Å². The third-order valence-corrected chi connectivity index (χ3v) is 5.78. The molecule has 0 spiro atoms. The van der Waals surface area contributed by atoms with Crippen molar-refractivity contribution in [3.05, 3.63) is 52.9 Å². The first-order valence-corrected chi connectivity index (χ1v) is 10.2. The number of hydrogen-bond donors (Lipinski definition) is 1. The Labute approximate surface area is 168 Å². The van der Waals surface area contributed by atoms with E-state index in [4.69, 9.17) is 4.74 Å². The van der Waals surface area contributed by atoms with Gasteiger partial charge in [-0.05, 0) is 37.1 Å². The number of ether oxygens (including phenoxy) is 1. The van der Waals surface area contributed by atoms with Gasteiger partial charge in [-0.2, -0.15) is 0 Å². The predicted molar refractivity (Wildman–Crippen MR) is 113 cm³/mol. The van der Waals surface area contributed by atoms with Crippen LogP contribution in [0.25, 0.3) is 5.57 Å². The quantitative estimate of drug-likeness (QED) is 0.774. The number of nitrogens with zero attached hydrogens (tertiary/aromatic N) is 1. The number of fused-ring (bicyclic) bond motifs is 2. The van der Waals surface area contributed by atoms with Gasteiger partial charge in [0.2, 0.25) is 0 Å². The summed E-state index contributed by atoms with van der Waals surface area (Å²) in [6, 6.07) is 13.2. The molecule has 2 aromatic carbocycles. The van der Waals surface area contributed by atoms with E-state index in [0.29, 0.717) is 29.5 Å². The fraction of sp³-hybridized carbons (Fsp3) is 0.273. The Morgan fingerprint density at radius 2 is 1.93 bits per heavy atom. The summed E-state index contributed by atoms with van der Waals surface area (Å²) in [7, 11) is 0. The Bertz CT molecular complexity index is 997. The number of benzene rings is 2. The van der Waals surface area contributed by atoms with Crippen molar-refractivity contribution in [3.8, 4) is 5.75 Å². The Kier molecular flexibility index (Phi) is 4.89. The first kappa shape index (κ1) is 18.6. The van der Waals surface area contributed by atoms with Gasteiger partial charge in [-0.25, -0.2) is 0 Å². The summed E-state index contributed by atoms with van der Waals surface area (Å²) in [6.45, 7) is 7.27. The van der Waals surface area contributed by atoms with E-state index in [1.807, 2.05) is 49.4 Å². The van der Waals surface area contributed by atoms with Crippen LogP contribution in [0.2, 0.25) is 0 Å². The zero-order valence-electron chi connectivity index (χ0n) is 16.1. The van der Waals surface area contributed by atoms with Crippen LogP contribution in [-0.4, -0.2) is 25.0 Å². The number of para-hydroxylation sites is 1. The number of thioether (sulfide) groups is 1. The Hall–Kier alpha value is -2.73. The van der Waals surface area contributed by atoms with E-state index >= 15 is 0 Å². The Balaban J connectivity index is 1.81. The molecule has 0 saturated carbocycles. The molecule has 0 unspecified atom stereocenters. The molecule has 0 bridgehead atoms. The monoisotopic (exact) mass is 394 g/mol. The molecule has 0 aromatic heterocycles. The smallest absolute Gasteiger partial charge is 0.263 e. The second kappa shape index (κ2) is 7.36. The molecule has 28 heavy (non-hydrogen) atoms. The summed E-state index contributed by atoms with van der Waals surface area (Å²) in [4.78, 5) is 29.2. The second-order valence-electron chi connectivity index (χ2n) is 7.18. The molecule has 1 N–H and O–H groups in total. The average Bonchev–Trinajstić information content (AvgIpc) is 2.93. The lowest BCUT2D eigenvalue weighted by Gasteiger charge is -2.21. The minimum Gasteiger partial charge on any atom is -0.494 e. The van der Waals surface area contributed by atoms with Gasteiger partial charge in [-0.3, -0.25) is 9.59 Å². The third-order valence-electron chi connectivity index (χ3n) is 4.63. The van der Waals surface area contributed by atoms with Gasteiger partial charge >= 0.3 is 0 Å². The molecule has 5 nitrogen and oxygen atoms in total. The van der Waals surface area contributed by atoms with Crippen molar-refractivity contribution in [2.24, 2.45) is 5.92 Å². The average molecular weight is 394 g/mol. The summed E-state index contributed by atoms with van der Waals surface area (Å²) in [6.07, 6.45) is 0. The molecular weight excluding hydrogens is 372 g/mol. The molecule has 0 atom stereocenters. The topological polar surface area (TPSA) is 58.6 Å². The molecule has 0 fully saturated rings. The lowest BCUT2D eigenvalue weighted by atomic mass is 10.1. The maximum absolute atomic E-state index is 13.3. The number of amides is 2. The van der Waals surface area contributed by atoms with Crippen LogP contribution in [0.5, 0.6) is 5.75 Å². The maximum atomic E-state index is 13.3. The molecule has 6 heteroatoms. The summed E-state index contributed by atoms with van der Waals surface area (Å²) in [5.74, 6) is 0.709. The molecule has 4 rings (SSSR count). The lowest BCUT2D eigenvalue weighted by Crippen LogP contribution is -2.31. The molecule has 144 valence electrons. The van der Waals surface area contributed by atoms with E-state index in [2.05, 4.69) is 19.2 Å². The third kappa shape index (κ3) is 3.18. The summed E-state index contributed by atoms with van der Waals surface area (Å²) in [5, 5.41) is 2.92. The zero-order chi connectivity index (χ0) is 19.8. The maximum Gasteiger partial charge on any atom is 0.263 e. The zero-order valence-corrected chi connectivity index (χ0v) is 16.9. The predicted octanol–water partition coefficient (Wildman–Crippen LogP) is 4.54. The molecule has 0 radical (unpaired) electrons. The van der Waals surface area contributed by atoms with E-state index < -0.39 is 0 Å². The first-order valence-electron chi connectivity index (χ1n) is 9.41. The molecule has 0 saturated heterocycles. The molecule has 2 heterocycles. The van der Waals surface area contributed by atoms with E-state index in [1.165, 1.54) is 11.8 Å². The molecule has 2 aliphatic rings. The van der Waals surface area contributed by atoms with Crippen LogP contribution in [-0.2, 0) is 9.59 Å². The SMILES string of the molecule is CCOc1ccc2c(c1)SC(=C1C(=O)N(CC(C)C)c3ccccc31)C(=O)N2. The van der Waals surface area contributed by atoms with Crippen molar-refractivity contribution in [2.45, 2.75) is 25.7 Å². The number of nitrogens with one attached hydrogen (secondary N) is 1. The van der Waals surface area contributed by atoms with Crippen molar-refractivity contribution < 1.29 is 14.3 Å². The number of anilines is 2. The van der Waals surface area contributed by atoms with E-state index in [-0.39, 0.29) is 11.8 Å². The largest absolute Gasteiger partial charge is 0.494 e. The number of carbonyl (C=O) groups is 2. The minimum atomic E-state index is -0.244. The van der Waals surface area contributed by atoms with Crippen LogP contribution in [0.15, 0.2) is 52.3 Å². The van der Waals surface area contributed by atoms with E-state index in [9.17, 15) is 9.59 Å². The highest BCUT2D eigenvalue weighted by Gasteiger charge is 2.38. The molecule has 0 aliphatic carbocycles. The van der Waals surface area contributed by atoms with Crippen molar-refractivity contribution >= 4 is 40.5 Å². The van der Waals surface area contributed by atoms with E-state index in [0.717, 1.165) is 27.6 Å². The van der Waals surface area contributed by atoms with Gasteiger partial charge in [-0.1, -0.05) is 43.8 Å². The molecular formula is C22H22N2O3S. The van der Waals surface area contributed by atoms with Gasteiger partial charge < -0.3 is 15.0 Å². The van der Waals surface area contributed by atoms with Crippen LogP contribution < -0.4 is 15.0 Å². The van der Waals surface area contributed by atoms with Gasteiger partial charge in [-0.15, -0.1) is 0 Å². The van der Waals surface area contributed by atoms with Crippen molar-refractivity contribution in [2.75, 3.05) is 23.4 Å². The molecule has 2 aromatic rings. The lowest BCUT2D eigenvalue weighted by molar-refractivity contribution is -0.114. The standard InChI is InChI=1S/C22H22N2O3S/c1-4-27-14-9-10-16-18(11-14)28-20(21(25)23-16)19-15-7-5-6-8-17(15)24(22(19)26)12-13(2)3/h5-11,13H,4,12H2,1-3H3,(H,23,25). The van der Waals surface area contributed by atoms with Gasteiger partial charge in [0.25, 0.3) is 11.8 Å². The highest BCUT2D eigenvalue weighted by molar-refractivity contribution is 8.04. The van der Waals surface area contributed by atoms with Gasteiger partial charge in [0, 0.05) is 17.0 Å². The van der Waals surface area contributed by atoms with E-state index in [1.54, 1.807) is 4.90 Å². The highest BCUT2D eigenvalue weighted by Crippen LogP contribution is 2.47. The summed E-state index contributed by atoms with van der Waals surface area (Å²) < 4.78 is 5.58. The fourth-order valence-corrected chi connectivity index (χ4v) is 4.56. The molecule has 2 aliphatic heterocycles. The van der Waals surface area contributed by atoms with Gasteiger partial charge in [0.15, 0.2) is 0 Å². The number of rotatable bonds is 4. The number of hydrogen-bond acceptors (Lipinski definition) is 4. The summed E-state index contributed by atoms with van der Waals surface area (Å²) >= 11 is 1.33. The van der Waals surface area contributed by atoms with Crippen molar-refractivity contribution in [1.29, 1.82) is 0 Å². The summed E-state index contributed by atoms with van der Waals surface area (Å²) in [5.41, 5.74) is 2.90. The first-order chi connectivity index (χ1) is 13.5. The molecule has 2 amide bonds. The normalized spacial score (nSPS) is 18.2. The highest BCUT2D eigenvalue weighted by atomic mass is 32.2. The fourth-order valence-electron chi connectivity index (χ4n) is 3.49. The Morgan fingerprint density at radius 3 is 2.68 bits per heavy atom. The van der Waals surface area contributed by atoms with Crippen molar-refractivity contribution in [3.63, 3.8) is 0 Å². The van der Waals surface area contributed by atoms with Gasteiger partial charge in [0.1, 0.15) is 5.75 Å². The van der Waals surface area contributed by atoms with Crippen LogP contribution in [0.3, 0.4) is 0 Å². The van der Waals surface area contributed by atoms with Crippen LogP contribution in [0, 0.1) is 5.92 Å². The minimum absolute atomic E-state index is 0.114. The van der Waals surface area contributed by atoms with Crippen LogP contribution in [0.1, 0.15) is 26.3 Å². The van der Waals surface area contributed by atoms with Crippen LogP contribution in [0.4, 0.5) is 11.4 Å². The number of carbonyl (C=O) groups excluding carboxylic acids is 2. The second-order valence-corrected chi connectivity index (χ2v) is 8.23. The Morgan fingerprint density at radius 1 is 1.14 bits per heavy atom. The van der Waals surface area contributed by atoms with Crippen molar-refractivity contribution in [1.82, 2.24) is 0 Å².